The zero-order valence-corrected chi connectivity index (χ0v) is 25.2. The lowest BCUT2D eigenvalue weighted by Crippen LogP contribution is -2.66. The fourth-order valence-electron chi connectivity index (χ4n) is 7.56. The van der Waals surface area contributed by atoms with Crippen LogP contribution < -0.4 is 0 Å². The molecule has 7 heteroatoms. The first-order valence-corrected chi connectivity index (χ1v) is 16.7. The van der Waals surface area contributed by atoms with Crippen molar-refractivity contribution in [2.45, 2.75) is 103 Å². The quantitative estimate of drug-likeness (QED) is 0.327. The molecule has 0 aromatic heterocycles. The number of carbonyl (C=O) groups excluding carboxylic acids is 2. The average molecular weight is 542 g/mol. The van der Waals surface area contributed by atoms with Crippen LogP contribution in [0.5, 0.6) is 0 Å². The monoisotopic (exact) mass is 541 g/mol. The molecule has 1 amide bonds. The van der Waals surface area contributed by atoms with E-state index in [0.717, 1.165) is 18.4 Å². The molecule has 0 N–H and O–H groups in total. The van der Waals surface area contributed by atoms with Crippen molar-refractivity contribution in [2.75, 3.05) is 19.8 Å². The Morgan fingerprint density at radius 1 is 1.03 bits per heavy atom. The Hall–Kier alpha value is -1.80. The van der Waals surface area contributed by atoms with E-state index >= 15 is 0 Å². The predicted molar refractivity (Wildman–Crippen MR) is 152 cm³/mol. The van der Waals surface area contributed by atoms with E-state index in [2.05, 4.69) is 41.5 Å². The topological polar surface area (TPSA) is 65.1 Å². The highest BCUT2D eigenvalue weighted by Gasteiger charge is 2.59. The maximum Gasteiger partial charge on any atom is 0.227 e. The Morgan fingerprint density at radius 3 is 2.37 bits per heavy atom. The molecule has 1 aromatic rings. The number of ether oxygens (including phenoxy) is 2. The number of ketones is 1. The van der Waals surface area contributed by atoms with Crippen LogP contribution in [0.4, 0.5) is 0 Å². The number of rotatable bonds is 10. The molecule has 0 bridgehead atoms. The summed E-state index contributed by atoms with van der Waals surface area (Å²) < 4.78 is 19.8. The molecule has 2 saturated heterocycles. The van der Waals surface area contributed by atoms with Crippen molar-refractivity contribution >= 4 is 20.0 Å². The molecule has 1 aromatic carbocycles. The van der Waals surface area contributed by atoms with E-state index in [-0.39, 0.29) is 23.7 Å². The van der Waals surface area contributed by atoms with Gasteiger partial charge in [-0.15, -0.1) is 0 Å². The molecular formula is C31H47NO5Si. The molecule has 0 unspecified atom stereocenters. The van der Waals surface area contributed by atoms with Crippen molar-refractivity contribution in [3.05, 3.63) is 48.0 Å². The summed E-state index contributed by atoms with van der Waals surface area (Å²) in [5, 5.41) is 0. The van der Waals surface area contributed by atoms with Gasteiger partial charge in [-0.25, -0.2) is 0 Å². The van der Waals surface area contributed by atoms with E-state index < -0.39 is 20.0 Å². The van der Waals surface area contributed by atoms with Crippen LogP contribution >= 0.6 is 0 Å². The standard InChI is InChI=1S/C31H47NO5Si/c1-22(2)38(23(3)4,24(5)6)36-21-27-18-29(34)32-17-11-16-31(30(32)37-27)26(14-10-15-28(31)33)20-35-19-25-12-8-7-9-13-25/h7-10,12-13,15,22-24,26-27,30H,11,14,16-21H2,1-6H3/t26-,27+,30+,31+/m1/s1. The van der Waals surface area contributed by atoms with Gasteiger partial charge in [-0.2, -0.15) is 0 Å². The lowest BCUT2D eigenvalue weighted by molar-refractivity contribution is -0.229. The van der Waals surface area contributed by atoms with Crippen molar-refractivity contribution in [1.82, 2.24) is 4.90 Å². The second kappa shape index (κ2) is 12.2. The van der Waals surface area contributed by atoms with Crippen LogP contribution in [-0.4, -0.2) is 57.0 Å². The average Bonchev–Trinajstić information content (AvgIpc) is 2.87. The second-order valence-electron chi connectivity index (χ2n) is 12.4. The fraction of sp³-hybridized carbons (Fsp3) is 0.677. The van der Waals surface area contributed by atoms with Gasteiger partial charge in [-0.1, -0.05) is 78.0 Å². The fourth-order valence-corrected chi connectivity index (χ4v) is 13.0. The summed E-state index contributed by atoms with van der Waals surface area (Å²) in [6, 6.07) is 10.1. The Morgan fingerprint density at radius 2 is 1.71 bits per heavy atom. The number of benzene rings is 1. The van der Waals surface area contributed by atoms with E-state index in [1.807, 2.05) is 41.3 Å². The van der Waals surface area contributed by atoms with Crippen molar-refractivity contribution in [1.29, 1.82) is 0 Å². The van der Waals surface area contributed by atoms with Gasteiger partial charge in [-0.3, -0.25) is 9.59 Å². The molecule has 38 heavy (non-hydrogen) atoms. The summed E-state index contributed by atoms with van der Waals surface area (Å²) >= 11 is 0. The second-order valence-corrected chi connectivity index (χ2v) is 17.8. The first-order chi connectivity index (χ1) is 18.1. The number of amides is 1. The minimum Gasteiger partial charge on any atom is -0.413 e. The van der Waals surface area contributed by atoms with E-state index in [4.69, 9.17) is 13.9 Å². The van der Waals surface area contributed by atoms with Gasteiger partial charge < -0.3 is 18.8 Å². The number of fused-ring (bicyclic) bond motifs is 2. The summed E-state index contributed by atoms with van der Waals surface area (Å²) in [5.74, 6) is 0.0990. The maximum absolute atomic E-state index is 13.7. The van der Waals surface area contributed by atoms with Crippen LogP contribution in [0.3, 0.4) is 0 Å². The lowest BCUT2D eigenvalue weighted by Gasteiger charge is -2.55. The molecule has 0 radical (unpaired) electrons. The molecule has 0 saturated carbocycles. The third-order valence-electron chi connectivity index (χ3n) is 9.29. The molecule has 2 heterocycles. The number of hydrogen-bond acceptors (Lipinski definition) is 5. The molecule has 1 spiro atoms. The van der Waals surface area contributed by atoms with Crippen molar-refractivity contribution in [3.8, 4) is 0 Å². The number of allylic oxidation sites excluding steroid dienone is 2. The third kappa shape index (κ3) is 5.44. The molecule has 2 aliphatic heterocycles. The summed E-state index contributed by atoms with van der Waals surface area (Å²) in [5.41, 5.74) is 1.70. The number of carbonyl (C=O) groups is 2. The largest absolute Gasteiger partial charge is 0.413 e. The van der Waals surface area contributed by atoms with Crippen LogP contribution in [0, 0.1) is 11.3 Å². The van der Waals surface area contributed by atoms with Crippen LogP contribution in [-0.2, 0) is 30.1 Å². The summed E-state index contributed by atoms with van der Waals surface area (Å²) in [6.07, 6.45) is 5.32. The van der Waals surface area contributed by atoms with Crippen LogP contribution in [0.25, 0.3) is 0 Å². The van der Waals surface area contributed by atoms with Gasteiger partial charge >= 0.3 is 0 Å². The summed E-state index contributed by atoms with van der Waals surface area (Å²) in [4.78, 5) is 29.0. The van der Waals surface area contributed by atoms with Gasteiger partial charge in [0.1, 0.15) is 6.23 Å². The molecule has 3 aliphatic rings. The highest BCUT2D eigenvalue weighted by atomic mass is 28.4. The first kappa shape index (κ1) is 29.2. The number of piperidine rings is 1. The van der Waals surface area contributed by atoms with Gasteiger partial charge in [0.2, 0.25) is 5.91 Å². The van der Waals surface area contributed by atoms with Gasteiger partial charge in [0, 0.05) is 12.5 Å². The van der Waals surface area contributed by atoms with Crippen molar-refractivity contribution in [3.63, 3.8) is 0 Å². The third-order valence-corrected chi connectivity index (χ3v) is 15.4. The molecule has 2 fully saturated rings. The van der Waals surface area contributed by atoms with E-state index in [9.17, 15) is 9.59 Å². The molecule has 4 rings (SSSR count). The Bertz CT molecular complexity index is 971. The Kier molecular flexibility index (Phi) is 9.33. The Balaban J connectivity index is 1.54. The molecule has 4 atom stereocenters. The van der Waals surface area contributed by atoms with E-state index in [1.54, 1.807) is 6.08 Å². The SMILES string of the molecule is CC(C)[Si](OC[C@@H]1CC(=O)N2CCC[C@]3(C(=O)C=CC[C@@H]3COCc3ccccc3)[C@@H]2O1)(C(C)C)C(C)C. The van der Waals surface area contributed by atoms with Crippen molar-refractivity contribution < 1.29 is 23.5 Å². The maximum atomic E-state index is 13.7. The van der Waals surface area contributed by atoms with E-state index in [1.165, 1.54) is 0 Å². The summed E-state index contributed by atoms with van der Waals surface area (Å²) in [6.45, 7) is 15.6. The number of nitrogens with zero attached hydrogens (tertiary/aromatic N) is 1. The minimum atomic E-state index is -2.11. The van der Waals surface area contributed by atoms with Gasteiger partial charge in [0.25, 0.3) is 0 Å². The zero-order valence-electron chi connectivity index (χ0n) is 24.2. The van der Waals surface area contributed by atoms with Gasteiger partial charge in [-0.05, 0) is 47.5 Å². The van der Waals surface area contributed by atoms with Crippen molar-refractivity contribution in [2.24, 2.45) is 11.3 Å². The first-order valence-electron chi connectivity index (χ1n) is 14.5. The zero-order chi connectivity index (χ0) is 27.5. The van der Waals surface area contributed by atoms with Crippen LogP contribution in [0.2, 0.25) is 16.6 Å². The normalized spacial score (nSPS) is 28.1. The van der Waals surface area contributed by atoms with E-state index in [0.29, 0.717) is 55.8 Å². The molecular weight excluding hydrogens is 494 g/mol. The van der Waals surface area contributed by atoms with Crippen LogP contribution in [0.15, 0.2) is 42.5 Å². The minimum absolute atomic E-state index is 0.0422. The van der Waals surface area contributed by atoms with Gasteiger partial charge in [0.05, 0.1) is 37.8 Å². The highest BCUT2D eigenvalue weighted by Crippen LogP contribution is 2.50. The molecule has 210 valence electrons. The summed E-state index contributed by atoms with van der Waals surface area (Å²) in [7, 11) is -2.11. The molecule has 1 aliphatic carbocycles. The smallest absolute Gasteiger partial charge is 0.227 e. The number of hydrogen-bond donors (Lipinski definition) is 0. The Labute approximate surface area is 230 Å². The molecule has 6 nitrogen and oxygen atoms in total. The highest BCUT2D eigenvalue weighted by molar-refractivity contribution is 6.77. The van der Waals surface area contributed by atoms with Gasteiger partial charge in [0.15, 0.2) is 14.1 Å². The van der Waals surface area contributed by atoms with Crippen LogP contribution in [0.1, 0.15) is 72.8 Å². The predicted octanol–water partition coefficient (Wildman–Crippen LogP) is 6.26. The lowest BCUT2D eigenvalue weighted by atomic mass is 9.62.